The molecule has 114 valence electrons. The Balaban J connectivity index is 1.48. The van der Waals surface area contributed by atoms with Gasteiger partial charge in [0.2, 0.25) is 5.91 Å². The topological polar surface area (TPSA) is 75.1 Å². The summed E-state index contributed by atoms with van der Waals surface area (Å²) in [5, 5.41) is 4.90. The largest absolute Gasteiger partial charge is 0.417 e. The molecule has 0 unspecified atom stereocenters. The molecule has 0 aliphatic carbocycles. The zero-order chi connectivity index (χ0) is 15.4. The van der Waals surface area contributed by atoms with Crippen molar-refractivity contribution in [1.29, 1.82) is 0 Å². The van der Waals surface area contributed by atoms with Gasteiger partial charge in [0.25, 0.3) is 0 Å². The molecule has 0 bridgehead atoms. The zero-order valence-corrected chi connectivity index (χ0v) is 12.7. The Labute approximate surface area is 131 Å². The summed E-state index contributed by atoms with van der Waals surface area (Å²) in [6.45, 7) is 0. The minimum atomic E-state index is -0.493. The van der Waals surface area contributed by atoms with Crippen LogP contribution in [-0.4, -0.2) is 10.9 Å². The molecule has 1 amide bonds. The first-order chi connectivity index (χ1) is 10.7. The first-order valence-electron chi connectivity index (χ1n) is 7.16. The summed E-state index contributed by atoms with van der Waals surface area (Å²) in [7, 11) is 0. The highest BCUT2D eigenvalue weighted by Crippen LogP contribution is 2.17. The number of amides is 1. The fourth-order valence-electron chi connectivity index (χ4n) is 2.29. The third kappa shape index (κ3) is 3.65. The van der Waals surface area contributed by atoms with Crippen molar-refractivity contribution in [3.63, 3.8) is 0 Å². The highest BCUT2D eigenvalue weighted by molar-refractivity contribution is 7.09. The van der Waals surface area contributed by atoms with E-state index in [0.717, 1.165) is 19.3 Å². The first kappa shape index (κ1) is 14.6. The van der Waals surface area contributed by atoms with Crippen LogP contribution in [0.2, 0.25) is 0 Å². The summed E-state index contributed by atoms with van der Waals surface area (Å²) >= 11 is 1.75. The summed E-state index contributed by atoms with van der Waals surface area (Å²) in [6.07, 6.45) is 3.37. The lowest BCUT2D eigenvalue weighted by Gasteiger charge is -2.04. The number of aromatic amines is 1. The number of benzene rings is 1. The minimum Gasteiger partial charge on any atom is -0.408 e. The van der Waals surface area contributed by atoms with Crippen LogP contribution in [0, 0.1) is 0 Å². The van der Waals surface area contributed by atoms with E-state index in [1.165, 1.54) is 4.88 Å². The second kappa shape index (κ2) is 6.62. The fraction of sp³-hybridized carbons (Fsp3) is 0.250. The average Bonchev–Trinajstić information content (AvgIpc) is 3.11. The van der Waals surface area contributed by atoms with Gasteiger partial charge in [0.05, 0.1) is 5.52 Å². The van der Waals surface area contributed by atoms with E-state index in [9.17, 15) is 9.59 Å². The maximum absolute atomic E-state index is 11.9. The van der Waals surface area contributed by atoms with Crippen LogP contribution in [0.4, 0.5) is 5.69 Å². The van der Waals surface area contributed by atoms with Crippen LogP contribution in [0.3, 0.4) is 0 Å². The summed E-state index contributed by atoms with van der Waals surface area (Å²) in [4.78, 5) is 26.9. The quantitative estimate of drug-likeness (QED) is 0.683. The number of aryl methyl sites for hydroxylation is 1. The predicted molar refractivity (Wildman–Crippen MR) is 87.3 cm³/mol. The van der Waals surface area contributed by atoms with Crippen molar-refractivity contribution in [2.45, 2.75) is 25.7 Å². The monoisotopic (exact) mass is 316 g/mol. The Hall–Kier alpha value is -2.34. The van der Waals surface area contributed by atoms with E-state index in [4.69, 9.17) is 4.42 Å². The highest BCUT2D eigenvalue weighted by atomic mass is 32.1. The summed E-state index contributed by atoms with van der Waals surface area (Å²) < 4.78 is 4.92. The number of aromatic nitrogens is 1. The van der Waals surface area contributed by atoms with Crippen molar-refractivity contribution in [2.75, 3.05) is 5.32 Å². The number of hydrogen-bond donors (Lipinski definition) is 2. The van der Waals surface area contributed by atoms with Gasteiger partial charge in [0.15, 0.2) is 5.58 Å². The Morgan fingerprint density at radius 3 is 3.00 bits per heavy atom. The standard InChI is InChI=1S/C16H16N2O3S/c19-15(6-2-1-4-12-5-3-9-22-12)17-11-7-8-14-13(10-11)18-16(20)21-14/h3,5,7-10H,1-2,4,6H2,(H,17,19)(H,18,20). The molecule has 6 heteroatoms. The van der Waals surface area contributed by atoms with Crippen LogP contribution in [0.5, 0.6) is 0 Å². The third-order valence-electron chi connectivity index (χ3n) is 3.36. The van der Waals surface area contributed by atoms with Crippen molar-refractivity contribution in [2.24, 2.45) is 0 Å². The molecule has 2 heterocycles. The van der Waals surface area contributed by atoms with Gasteiger partial charge in [-0.05, 0) is 48.9 Å². The lowest BCUT2D eigenvalue weighted by Crippen LogP contribution is -2.11. The van der Waals surface area contributed by atoms with Gasteiger partial charge in [0.1, 0.15) is 0 Å². The van der Waals surface area contributed by atoms with Gasteiger partial charge in [-0.3, -0.25) is 9.78 Å². The Morgan fingerprint density at radius 2 is 2.18 bits per heavy atom. The van der Waals surface area contributed by atoms with E-state index < -0.39 is 5.76 Å². The number of rotatable bonds is 6. The fourth-order valence-corrected chi connectivity index (χ4v) is 3.04. The molecule has 0 saturated carbocycles. The second-order valence-corrected chi connectivity index (χ2v) is 6.09. The van der Waals surface area contributed by atoms with Crippen LogP contribution in [-0.2, 0) is 11.2 Å². The molecular formula is C16H16N2O3S. The minimum absolute atomic E-state index is 0.0172. The molecular weight excluding hydrogens is 300 g/mol. The van der Waals surface area contributed by atoms with Crippen molar-refractivity contribution in [3.8, 4) is 0 Å². The molecule has 0 aliphatic rings. The van der Waals surface area contributed by atoms with E-state index >= 15 is 0 Å². The van der Waals surface area contributed by atoms with Crippen molar-refractivity contribution in [3.05, 3.63) is 51.1 Å². The summed E-state index contributed by atoms with van der Waals surface area (Å²) in [5.74, 6) is -0.511. The molecule has 3 aromatic rings. The Morgan fingerprint density at radius 1 is 1.27 bits per heavy atom. The van der Waals surface area contributed by atoms with Crippen LogP contribution in [0.15, 0.2) is 44.9 Å². The number of carbonyl (C=O) groups excluding carboxylic acids is 1. The van der Waals surface area contributed by atoms with Crippen LogP contribution >= 0.6 is 11.3 Å². The van der Waals surface area contributed by atoms with E-state index in [1.54, 1.807) is 29.5 Å². The SMILES string of the molecule is O=C(CCCCc1cccs1)Nc1ccc2oc(=O)[nH]c2c1. The molecule has 0 fully saturated rings. The number of fused-ring (bicyclic) bond motifs is 1. The number of nitrogens with one attached hydrogen (secondary N) is 2. The highest BCUT2D eigenvalue weighted by Gasteiger charge is 2.06. The molecule has 0 aliphatic heterocycles. The zero-order valence-electron chi connectivity index (χ0n) is 11.9. The van der Waals surface area contributed by atoms with Crippen molar-refractivity contribution >= 4 is 34.0 Å². The van der Waals surface area contributed by atoms with Gasteiger partial charge in [-0.25, -0.2) is 4.79 Å². The number of carbonyl (C=O) groups is 1. The van der Waals surface area contributed by atoms with E-state index in [2.05, 4.69) is 21.7 Å². The molecule has 2 N–H and O–H groups in total. The normalized spacial score (nSPS) is 10.9. The molecule has 2 aromatic heterocycles. The lowest BCUT2D eigenvalue weighted by molar-refractivity contribution is -0.116. The smallest absolute Gasteiger partial charge is 0.408 e. The van der Waals surface area contributed by atoms with Crippen LogP contribution in [0.25, 0.3) is 11.1 Å². The maximum atomic E-state index is 11.9. The number of hydrogen-bond acceptors (Lipinski definition) is 4. The van der Waals surface area contributed by atoms with E-state index in [1.807, 2.05) is 6.07 Å². The first-order valence-corrected chi connectivity index (χ1v) is 8.04. The van der Waals surface area contributed by atoms with Gasteiger partial charge in [-0.15, -0.1) is 11.3 Å². The molecule has 1 aromatic carbocycles. The van der Waals surface area contributed by atoms with Crippen molar-refractivity contribution in [1.82, 2.24) is 4.98 Å². The van der Waals surface area contributed by atoms with Crippen LogP contribution < -0.4 is 11.1 Å². The Kier molecular flexibility index (Phi) is 4.39. The second-order valence-electron chi connectivity index (χ2n) is 5.06. The van der Waals surface area contributed by atoms with Gasteiger partial charge in [0, 0.05) is 17.0 Å². The molecule has 22 heavy (non-hydrogen) atoms. The lowest BCUT2D eigenvalue weighted by atomic mass is 10.1. The van der Waals surface area contributed by atoms with Crippen molar-refractivity contribution < 1.29 is 9.21 Å². The third-order valence-corrected chi connectivity index (χ3v) is 4.30. The van der Waals surface area contributed by atoms with Crippen LogP contribution in [0.1, 0.15) is 24.1 Å². The molecule has 0 saturated heterocycles. The van der Waals surface area contributed by atoms with Gasteiger partial charge in [-0.1, -0.05) is 6.07 Å². The molecule has 0 atom stereocenters. The average molecular weight is 316 g/mol. The number of unbranched alkanes of at least 4 members (excludes halogenated alkanes) is 1. The van der Waals surface area contributed by atoms with Gasteiger partial charge in [-0.2, -0.15) is 0 Å². The number of H-pyrrole nitrogens is 1. The van der Waals surface area contributed by atoms with E-state index in [-0.39, 0.29) is 5.91 Å². The predicted octanol–water partition coefficient (Wildman–Crippen LogP) is 3.53. The number of oxazole rings is 1. The van der Waals surface area contributed by atoms with Gasteiger partial charge >= 0.3 is 5.76 Å². The molecule has 0 radical (unpaired) electrons. The summed E-state index contributed by atoms with van der Waals surface area (Å²) in [6, 6.07) is 9.25. The number of anilines is 1. The molecule has 3 rings (SSSR count). The maximum Gasteiger partial charge on any atom is 0.417 e. The molecule has 0 spiro atoms. The molecule has 5 nitrogen and oxygen atoms in total. The van der Waals surface area contributed by atoms with Gasteiger partial charge < -0.3 is 9.73 Å². The Bertz CT molecular complexity index is 817. The van der Waals surface area contributed by atoms with E-state index in [0.29, 0.717) is 23.2 Å². The number of thiophene rings is 1. The summed E-state index contributed by atoms with van der Waals surface area (Å²) in [5.41, 5.74) is 1.73.